The first-order valence-corrected chi connectivity index (χ1v) is 10.2. The molecule has 154 valence electrons. The Balaban J connectivity index is 1.60. The number of thiophene rings is 1. The molecule has 29 heavy (non-hydrogen) atoms. The summed E-state index contributed by atoms with van der Waals surface area (Å²) in [6.07, 6.45) is 2.67. The molecule has 0 atom stereocenters. The predicted octanol–water partition coefficient (Wildman–Crippen LogP) is 3.15. The molecule has 0 saturated heterocycles. The Kier molecular flexibility index (Phi) is 6.87. The minimum absolute atomic E-state index is 0.00132. The highest BCUT2D eigenvalue weighted by Gasteiger charge is 2.28. The topological polar surface area (TPSA) is 90.9 Å². The van der Waals surface area contributed by atoms with Crippen LogP contribution in [-0.4, -0.2) is 38.2 Å². The molecule has 1 aliphatic rings. The lowest BCUT2D eigenvalue weighted by atomic mass is 10.1. The van der Waals surface area contributed by atoms with Gasteiger partial charge in [0.05, 0.1) is 25.7 Å². The van der Waals surface area contributed by atoms with E-state index in [-0.39, 0.29) is 13.0 Å². The molecule has 8 heteroatoms. The van der Waals surface area contributed by atoms with Crippen LogP contribution in [0.25, 0.3) is 0 Å². The van der Waals surface area contributed by atoms with Crippen molar-refractivity contribution in [3.05, 3.63) is 45.8 Å². The van der Waals surface area contributed by atoms with Crippen molar-refractivity contribution < 1.29 is 28.6 Å². The van der Waals surface area contributed by atoms with Crippen LogP contribution in [0.5, 0.6) is 5.75 Å². The van der Waals surface area contributed by atoms with E-state index in [1.54, 1.807) is 31.2 Å². The fourth-order valence-electron chi connectivity index (χ4n) is 3.28. The number of nitrogens with one attached hydrogen (secondary N) is 1. The van der Waals surface area contributed by atoms with Gasteiger partial charge in [0.2, 0.25) is 0 Å². The number of methoxy groups -OCH3 is 1. The van der Waals surface area contributed by atoms with E-state index < -0.39 is 24.5 Å². The molecule has 0 radical (unpaired) electrons. The van der Waals surface area contributed by atoms with Crippen LogP contribution < -0.4 is 10.1 Å². The summed E-state index contributed by atoms with van der Waals surface area (Å²) in [7, 11) is 1.52. The number of hydrogen-bond donors (Lipinski definition) is 1. The molecule has 0 bridgehead atoms. The summed E-state index contributed by atoms with van der Waals surface area (Å²) >= 11 is 1.38. The Bertz CT molecular complexity index is 920. The van der Waals surface area contributed by atoms with Crippen LogP contribution >= 0.6 is 11.3 Å². The van der Waals surface area contributed by atoms with Crippen LogP contribution in [0.2, 0.25) is 0 Å². The first-order chi connectivity index (χ1) is 14.0. The van der Waals surface area contributed by atoms with Crippen LogP contribution in [0, 0.1) is 0 Å². The molecule has 0 spiro atoms. The van der Waals surface area contributed by atoms with E-state index in [4.69, 9.17) is 14.2 Å². The van der Waals surface area contributed by atoms with Crippen molar-refractivity contribution in [2.24, 2.45) is 0 Å². The molecule has 1 aliphatic carbocycles. The van der Waals surface area contributed by atoms with Gasteiger partial charge in [-0.15, -0.1) is 11.3 Å². The Morgan fingerprint density at radius 2 is 1.93 bits per heavy atom. The van der Waals surface area contributed by atoms with Crippen molar-refractivity contribution in [2.45, 2.75) is 32.6 Å². The third-order valence-electron chi connectivity index (χ3n) is 4.55. The van der Waals surface area contributed by atoms with Crippen molar-refractivity contribution in [1.29, 1.82) is 0 Å². The Hall–Kier alpha value is -2.87. The maximum Gasteiger partial charge on any atom is 0.341 e. The molecule has 1 heterocycles. The zero-order valence-electron chi connectivity index (χ0n) is 16.4. The minimum atomic E-state index is -0.538. The second-order valence-corrected chi connectivity index (χ2v) is 7.58. The predicted molar refractivity (Wildman–Crippen MR) is 109 cm³/mol. The van der Waals surface area contributed by atoms with Gasteiger partial charge in [-0.25, -0.2) is 4.79 Å². The van der Waals surface area contributed by atoms with Gasteiger partial charge in [0, 0.05) is 10.4 Å². The number of aryl methyl sites for hydroxylation is 1. The lowest BCUT2D eigenvalue weighted by molar-refractivity contribution is -0.146. The summed E-state index contributed by atoms with van der Waals surface area (Å²) in [6, 6.07) is 7.12. The highest BCUT2D eigenvalue weighted by molar-refractivity contribution is 7.17. The number of hydrogen-bond acceptors (Lipinski definition) is 7. The Morgan fingerprint density at radius 1 is 1.14 bits per heavy atom. The molecular formula is C21H23NO6S. The van der Waals surface area contributed by atoms with E-state index in [1.807, 2.05) is 0 Å². The number of rotatable bonds is 8. The van der Waals surface area contributed by atoms with Crippen molar-refractivity contribution in [1.82, 2.24) is 0 Å². The number of benzene rings is 1. The normalized spacial score (nSPS) is 12.2. The minimum Gasteiger partial charge on any atom is -0.496 e. The van der Waals surface area contributed by atoms with Gasteiger partial charge in [-0.2, -0.15) is 0 Å². The lowest BCUT2D eigenvalue weighted by Crippen LogP contribution is -2.22. The highest BCUT2D eigenvalue weighted by atomic mass is 32.1. The molecular weight excluding hydrogens is 394 g/mol. The smallest absolute Gasteiger partial charge is 0.341 e. The van der Waals surface area contributed by atoms with E-state index in [0.717, 1.165) is 29.7 Å². The number of para-hydroxylation sites is 1. The first kappa shape index (κ1) is 20.9. The molecule has 1 aromatic carbocycles. The Morgan fingerprint density at radius 3 is 2.69 bits per heavy atom. The van der Waals surface area contributed by atoms with Gasteiger partial charge in [-0.3, -0.25) is 9.59 Å². The van der Waals surface area contributed by atoms with Gasteiger partial charge < -0.3 is 19.5 Å². The molecule has 2 aromatic rings. The number of esters is 2. The zero-order chi connectivity index (χ0) is 20.8. The van der Waals surface area contributed by atoms with Crippen LogP contribution in [0.4, 0.5) is 5.00 Å². The second-order valence-electron chi connectivity index (χ2n) is 6.48. The maximum atomic E-state index is 12.3. The summed E-state index contributed by atoms with van der Waals surface area (Å²) < 4.78 is 15.4. The number of carbonyl (C=O) groups excluding carboxylic acids is 3. The van der Waals surface area contributed by atoms with Gasteiger partial charge >= 0.3 is 11.9 Å². The Labute approximate surface area is 173 Å². The summed E-state index contributed by atoms with van der Waals surface area (Å²) in [5.74, 6) is -0.885. The zero-order valence-corrected chi connectivity index (χ0v) is 17.2. The van der Waals surface area contributed by atoms with Gasteiger partial charge in [-0.1, -0.05) is 18.2 Å². The van der Waals surface area contributed by atoms with Crippen molar-refractivity contribution in [2.75, 3.05) is 25.6 Å². The van der Waals surface area contributed by atoms with Crippen LogP contribution in [0.15, 0.2) is 24.3 Å². The highest BCUT2D eigenvalue weighted by Crippen LogP contribution is 2.39. The number of ether oxygens (including phenoxy) is 3. The summed E-state index contributed by atoms with van der Waals surface area (Å²) in [5.41, 5.74) is 2.06. The third kappa shape index (κ3) is 4.95. The quantitative estimate of drug-likeness (QED) is 0.664. The summed E-state index contributed by atoms with van der Waals surface area (Å²) in [6.45, 7) is 1.57. The van der Waals surface area contributed by atoms with Crippen molar-refractivity contribution >= 4 is 34.2 Å². The van der Waals surface area contributed by atoms with Crippen LogP contribution in [0.1, 0.15) is 39.7 Å². The summed E-state index contributed by atoms with van der Waals surface area (Å²) in [4.78, 5) is 37.8. The fraction of sp³-hybridized carbons (Fsp3) is 0.381. The molecule has 1 N–H and O–H groups in total. The molecule has 1 aromatic heterocycles. The van der Waals surface area contributed by atoms with E-state index in [2.05, 4.69) is 5.32 Å². The molecule has 0 fully saturated rings. The average Bonchev–Trinajstić information content (AvgIpc) is 3.27. The lowest BCUT2D eigenvalue weighted by Gasteiger charge is -2.10. The fourth-order valence-corrected chi connectivity index (χ4v) is 4.57. The number of anilines is 1. The second kappa shape index (κ2) is 9.56. The maximum absolute atomic E-state index is 12.3. The van der Waals surface area contributed by atoms with Gasteiger partial charge in [0.15, 0.2) is 6.61 Å². The molecule has 1 amide bonds. The third-order valence-corrected chi connectivity index (χ3v) is 5.75. The van der Waals surface area contributed by atoms with Crippen molar-refractivity contribution in [3.63, 3.8) is 0 Å². The molecule has 3 rings (SSSR count). The average molecular weight is 417 g/mol. The molecule has 7 nitrogen and oxygen atoms in total. The molecule has 0 saturated carbocycles. The standard InChI is InChI=1S/C21H23NO6S/c1-3-27-21(25)19-14-8-6-10-16(14)29-20(19)22-17(23)12-28-18(24)11-13-7-4-5-9-15(13)26-2/h4-5,7,9H,3,6,8,10-12H2,1-2H3,(H,22,23). The first-order valence-electron chi connectivity index (χ1n) is 9.42. The van der Waals surface area contributed by atoms with Gasteiger partial charge in [0.25, 0.3) is 5.91 Å². The van der Waals surface area contributed by atoms with E-state index in [9.17, 15) is 14.4 Å². The van der Waals surface area contributed by atoms with Gasteiger partial charge in [-0.05, 0) is 37.8 Å². The number of amides is 1. The van der Waals surface area contributed by atoms with Crippen molar-refractivity contribution in [3.8, 4) is 5.75 Å². The SMILES string of the molecule is CCOC(=O)c1c(NC(=O)COC(=O)Cc2ccccc2OC)sc2c1CCC2. The van der Waals surface area contributed by atoms with Crippen LogP contribution in [-0.2, 0) is 38.3 Å². The van der Waals surface area contributed by atoms with Crippen LogP contribution in [0.3, 0.4) is 0 Å². The number of fused-ring (bicyclic) bond motifs is 1. The van der Waals surface area contributed by atoms with E-state index in [1.165, 1.54) is 18.4 Å². The number of carbonyl (C=O) groups is 3. The summed E-state index contributed by atoms with van der Waals surface area (Å²) in [5, 5.41) is 3.16. The van der Waals surface area contributed by atoms with Gasteiger partial charge in [0.1, 0.15) is 10.8 Å². The van der Waals surface area contributed by atoms with E-state index in [0.29, 0.717) is 21.9 Å². The molecule has 0 aliphatic heterocycles. The molecule has 0 unspecified atom stereocenters. The largest absolute Gasteiger partial charge is 0.496 e. The van der Waals surface area contributed by atoms with E-state index >= 15 is 0 Å². The monoisotopic (exact) mass is 417 g/mol.